The number of hydrogen-bond acceptors (Lipinski definition) is 2. The van der Waals surface area contributed by atoms with E-state index in [0.717, 1.165) is 19.4 Å². The zero-order valence-electron chi connectivity index (χ0n) is 9.89. The third-order valence-electron chi connectivity index (χ3n) is 2.02. The van der Waals surface area contributed by atoms with Gasteiger partial charge >= 0.3 is 0 Å². The molecule has 0 aromatic carbocycles. The van der Waals surface area contributed by atoms with Gasteiger partial charge in [0.05, 0.1) is 0 Å². The number of amides is 1. The van der Waals surface area contributed by atoms with Crippen LogP contribution in [0.25, 0.3) is 0 Å². The van der Waals surface area contributed by atoms with Crippen molar-refractivity contribution in [2.45, 2.75) is 53.0 Å². The standard InChI is InChI=1S/C11H24N2O/c1-9(12)5-6-10(14)13-8-7-11(2,3)4/h9H,5-8,12H2,1-4H3,(H,13,14). The molecule has 0 spiro atoms. The topological polar surface area (TPSA) is 55.1 Å². The first-order valence-electron chi connectivity index (χ1n) is 5.33. The molecule has 0 aliphatic rings. The molecular weight excluding hydrogens is 176 g/mol. The maximum absolute atomic E-state index is 11.3. The van der Waals surface area contributed by atoms with E-state index in [1.54, 1.807) is 0 Å². The Kier molecular flexibility index (Phi) is 5.77. The Hall–Kier alpha value is -0.570. The van der Waals surface area contributed by atoms with Gasteiger partial charge in [0.2, 0.25) is 5.91 Å². The average Bonchev–Trinajstić information content (AvgIpc) is 1.98. The molecule has 0 aromatic heterocycles. The average molecular weight is 200 g/mol. The van der Waals surface area contributed by atoms with Crippen LogP contribution in [0.4, 0.5) is 0 Å². The van der Waals surface area contributed by atoms with Gasteiger partial charge in [-0.3, -0.25) is 4.79 Å². The maximum atomic E-state index is 11.3. The molecule has 3 N–H and O–H groups in total. The maximum Gasteiger partial charge on any atom is 0.220 e. The van der Waals surface area contributed by atoms with Crippen molar-refractivity contribution in [2.24, 2.45) is 11.1 Å². The lowest BCUT2D eigenvalue weighted by Gasteiger charge is -2.18. The van der Waals surface area contributed by atoms with E-state index in [4.69, 9.17) is 5.73 Å². The lowest BCUT2D eigenvalue weighted by Crippen LogP contribution is -2.28. The van der Waals surface area contributed by atoms with Crippen molar-refractivity contribution < 1.29 is 4.79 Å². The van der Waals surface area contributed by atoms with Gasteiger partial charge in [0.1, 0.15) is 0 Å². The zero-order chi connectivity index (χ0) is 11.2. The van der Waals surface area contributed by atoms with Gasteiger partial charge in [-0.15, -0.1) is 0 Å². The summed E-state index contributed by atoms with van der Waals surface area (Å²) in [6.07, 6.45) is 2.32. The fourth-order valence-corrected chi connectivity index (χ4v) is 1.02. The molecule has 3 nitrogen and oxygen atoms in total. The van der Waals surface area contributed by atoms with Crippen LogP contribution in [0, 0.1) is 5.41 Å². The van der Waals surface area contributed by atoms with Gasteiger partial charge in [-0.2, -0.15) is 0 Å². The van der Waals surface area contributed by atoms with Gasteiger partial charge in [0.25, 0.3) is 0 Å². The molecule has 0 bridgehead atoms. The number of carbonyl (C=O) groups is 1. The highest BCUT2D eigenvalue weighted by atomic mass is 16.1. The fraction of sp³-hybridized carbons (Fsp3) is 0.909. The summed E-state index contributed by atoms with van der Waals surface area (Å²) in [5.74, 6) is 0.117. The van der Waals surface area contributed by atoms with E-state index >= 15 is 0 Å². The van der Waals surface area contributed by atoms with Crippen molar-refractivity contribution in [3.8, 4) is 0 Å². The van der Waals surface area contributed by atoms with E-state index in [0.29, 0.717) is 6.42 Å². The van der Waals surface area contributed by atoms with Crippen LogP contribution in [0.15, 0.2) is 0 Å². The van der Waals surface area contributed by atoms with Crippen molar-refractivity contribution in [3.05, 3.63) is 0 Å². The van der Waals surface area contributed by atoms with E-state index in [1.165, 1.54) is 0 Å². The molecule has 0 rings (SSSR count). The highest BCUT2D eigenvalue weighted by molar-refractivity contribution is 5.75. The van der Waals surface area contributed by atoms with E-state index < -0.39 is 0 Å². The Bertz CT molecular complexity index is 171. The second-order valence-electron chi connectivity index (χ2n) is 5.18. The Balaban J connectivity index is 3.46. The number of carbonyl (C=O) groups excluding carboxylic acids is 1. The van der Waals surface area contributed by atoms with Gasteiger partial charge < -0.3 is 11.1 Å². The molecule has 0 radical (unpaired) electrons. The third kappa shape index (κ3) is 9.52. The molecule has 0 saturated carbocycles. The van der Waals surface area contributed by atoms with Gasteiger partial charge in [-0.1, -0.05) is 20.8 Å². The highest BCUT2D eigenvalue weighted by Crippen LogP contribution is 2.16. The van der Waals surface area contributed by atoms with E-state index in [2.05, 4.69) is 26.1 Å². The molecule has 14 heavy (non-hydrogen) atoms. The monoisotopic (exact) mass is 200 g/mol. The molecule has 1 unspecified atom stereocenters. The first-order valence-corrected chi connectivity index (χ1v) is 5.33. The molecule has 0 aliphatic carbocycles. The molecule has 0 fully saturated rings. The quantitative estimate of drug-likeness (QED) is 0.709. The van der Waals surface area contributed by atoms with Crippen molar-refractivity contribution >= 4 is 5.91 Å². The normalized spacial score (nSPS) is 13.8. The van der Waals surface area contributed by atoms with Crippen LogP contribution in [0.1, 0.15) is 47.0 Å². The molecule has 1 atom stereocenters. The molecule has 1 amide bonds. The molecule has 0 heterocycles. The van der Waals surface area contributed by atoms with Crippen LogP contribution < -0.4 is 11.1 Å². The number of nitrogens with two attached hydrogens (primary N) is 1. The largest absolute Gasteiger partial charge is 0.356 e. The second kappa shape index (κ2) is 6.02. The van der Waals surface area contributed by atoms with Crippen LogP contribution in [0.5, 0.6) is 0 Å². The summed E-state index contributed by atoms with van der Waals surface area (Å²) in [5, 5.41) is 2.90. The smallest absolute Gasteiger partial charge is 0.220 e. The Morgan fingerprint density at radius 1 is 1.43 bits per heavy atom. The van der Waals surface area contributed by atoms with E-state index in [-0.39, 0.29) is 17.4 Å². The summed E-state index contributed by atoms with van der Waals surface area (Å²) in [7, 11) is 0. The van der Waals surface area contributed by atoms with Crippen LogP contribution >= 0.6 is 0 Å². The minimum atomic E-state index is 0.114. The van der Waals surface area contributed by atoms with Crippen LogP contribution in [-0.4, -0.2) is 18.5 Å². The van der Waals surface area contributed by atoms with Gasteiger partial charge in [-0.05, 0) is 25.2 Å². The Morgan fingerprint density at radius 2 is 2.00 bits per heavy atom. The van der Waals surface area contributed by atoms with Crippen molar-refractivity contribution in [1.82, 2.24) is 5.32 Å². The van der Waals surface area contributed by atoms with Crippen molar-refractivity contribution in [2.75, 3.05) is 6.54 Å². The summed E-state index contributed by atoms with van der Waals surface area (Å²) in [4.78, 5) is 11.3. The zero-order valence-corrected chi connectivity index (χ0v) is 9.89. The molecule has 0 saturated heterocycles. The van der Waals surface area contributed by atoms with Crippen molar-refractivity contribution in [1.29, 1.82) is 0 Å². The molecule has 3 heteroatoms. The summed E-state index contributed by atoms with van der Waals surface area (Å²) in [6.45, 7) is 9.19. The Morgan fingerprint density at radius 3 is 2.43 bits per heavy atom. The van der Waals surface area contributed by atoms with E-state index in [9.17, 15) is 4.79 Å². The third-order valence-corrected chi connectivity index (χ3v) is 2.02. The number of nitrogens with one attached hydrogen (secondary N) is 1. The lowest BCUT2D eigenvalue weighted by molar-refractivity contribution is -0.121. The minimum absolute atomic E-state index is 0.114. The molecule has 0 aromatic rings. The summed E-state index contributed by atoms with van der Waals surface area (Å²) in [5.41, 5.74) is 5.84. The summed E-state index contributed by atoms with van der Waals surface area (Å²) in [6, 6.07) is 0.114. The predicted octanol–water partition coefficient (Wildman–Crippen LogP) is 1.67. The van der Waals surface area contributed by atoms with Crippen molar-refractivity contribution in [3.63, 3.8) is 0 Å². The van der Waals surface area contributed by atoms with Crippen LogP contribution in [-0.2, 0) is 4.79 Å². The fourth-order valence-electron chi connectivity index (χ4n) is 1.02. The van der Waals surface area contributed by atoms with E-state index in [1.807, 2.05) is 6.92 Å². The SMILES string of the molecule is CC(N)CCC(=O)NCCC(C)(C)C. The summed E-state index contributed by atoms with van der Waals surface area (Å²) >= 11 is 0. The summed E-state index contributed by atoms with van der Waals surface area (Å²) < 4.78 is 0. The van der Waals surface area contributed by atoms with Gasteiger partial charge in [0.15, 0.2) is 0 Å². The second-order valence-corrected chi connectivity index (χ2v) is 5.18. The molecule has 0 aliphatic heterocycles. The van der Waals surface area contributed by atoms with Gasteiger partial charge in [0, 0.05) is 19.0 Å². The van der Waals surface area contributed by atoms with Crippen LogP contribution in [0.2, 0.25) is 0 Å². The van der Waals surface area contributed by atoms with Gasteiger partial charge in [-0.25, -0.2) is 0 Å². The number of rotatable bonds is 5. The molecular formula is C11H24N2O. The lowest BCUT2D eigenvalue weighted by atomic mass is 9.92. The molecule has 84 valence electrons. The first kappa shape index (κ1) is 13.4. The number of hydrogen-bond donors (Lipinski definition) is 2. The first-order chi connectivity index (χ1) is 6.31. The predicted molar refractivity (Wildman–Crippen MR) is 60.0 cm³/mol. The van der Waals surface area contributed by atoms with Crippen LogP contribution in [0.3, 0.4) is 0 Å². The Labute approximate surface area is 87.4 Å². The highest BCUT2D eigenvalue weighted by Gasteiger charge is 2.10. The minimum Gasteiger partial charge on any atom is -0.356 e.